The van der Waals surface area contributed by atoms with Gasteiger partial charge in [-0.1, -0.05) is 42.5 Å². The van der Waals surface area contributed by atoms with E-state index in [0.29, 0.717) is 6.04 Å². The van der Waals surface area contributed by atoms with E-state index in [2.05, 4.69) is 51.8 Å². The number of hydrogen-bond acceptors (Lipinski definition) is 3. The molecule has 104 valence electrons. The Hall–Kier alpha value is -1.94. The molecule has 4 nitrogen and oxygen atoms in total. The first kappa shape index (κ1) is 13.1. The van der Waals surface area contributed by atoms with Crippen LogP contribution in [-0.4, -0.2) is 27.4 Å². The number of fused-ring (bicyclic) bond motifs is 1. The van der Waals surface area contributed by atoms with Crippen molar-refractivity contribution in [1.82, 2.24) is 20.1 Å². The van der Waals surface area contributed by atoms with Crippen LogP contribution in [0.15, 0.2) is 36.4 Å². The zero-order valence-corrected chi connectivity index (χ0v) is 11.8. The second-order valence-corrected chi connectivity index (χ2v) is 5.21. The lowest BCUT2D eigenvalue weighted by Gasteiger charge is -2.22. The minimum Gasteiger partial charge on any atom is -0.309 e. The van der Waals surface area contributed by atoms with E-state index in [1.165, 1.54) is 5.56 Å². The van der Waals surface area contributed by atoms with Crippen molar-refractivity contribution in [2.24, 2.45) is 0 Å². The van der Waals surface area contributed by atoms with Gasteiger partial charge in [-0.2, -0.15) is 5.10 Å². The van der Waals surface area contributed by atoms with E-state index in [4.69, 9.17) is 0 Å². The number of hydrogen-bond donors (Lipinski definition) is 1. The Balaban J connectivity index is 1.49. The average molecular weight is 268 g/mol. The predicted octanol–water partition coefficient (Wildman–Crippen LogP) is 2.20. The van der Waals surface area contributed by atoms with Gasteiger partial charge in [-0.3, -0.25) is 0 Å². The van der Waals surface area contributed by atoms with Gasteiger partial charge in [0, 0.05) is 19.0 Å². The van der Waals surface area contributed by atoms with Crippen LogP contribution in [0.2, 0.25) is 0 Å². The highest BCUT2D eigenvalue weighted by atomic mass is 15.4. The molecular weight excluding hydrogens is 248 g/mol. The van der Waals surface area contributed by atoms with Crippen LogP contribution in [0.1, 0.15) is 23.6 Å². The number of aryl methyl sites for hydroxylation is 2. The van der Waals surface area contributed by atoms with Gasteiger partial charge >= 0.3 is 0 Å². The van der Waals surface area contributed by atoms with E-state index in [-0.39, 0.29) is 0 Å². The topological polar surface area (TPSA) is 42.7 Å². The Morgan fingerprint density at radius 1 is 1.35 bits per heavy atom. The molecule has 0 fully saturated rings. The molecule has 20 heavy (non-hydrogen) atoms. The third-order valence-corrected chi connectivity index (χ3v) is 3.60. The van der Waals surface area contributed by atoms with Gasteiger partial charge in [0.2, 0.25) is 0 Å². The van der Waals surface area contributed by atoms with Gasteiger partial charge in [0.25, 0.3) is 0 Å². The largest absolute Gasteiger partial charge is 0.309 e. The highest BCUT2D eigenvalue weighted by Gasteiger charge is 2.19. The molecule has 1 atom stereocenters. The molecule has 0 unspecified atom stereocenters. The van der Waals surface area contributed by atoms with E-state index in [1.807, 2.05) is 17.7 Å². The fraction of sp³-hybridized carbons (Fsp3) is 0.375. The Morgan fingerprint density at radius 2 is 2.20 bits per heavy atom. The summed E-state index contributed by atoms with van der Waals surface area (Å²) in [5.41, 5.74) is 1.24. The van der Waals surface area contributed by atoms with E-state index in [0.717, 1.165) is 37.6 Å². The van der Waals surface area contributed by atoms with E-state index < -0.39 is 0 Å². The molecule has 2 aromatic rings. The number of benzene rings is 1. The lowest BCUT2D eigenvalue weighted by atomic mass is 10.1. The Bertz CT molecular complexity index is 586. The molecule has 2 heterocycles. The third kappa shape index (κ3) is 3.14. The summed E-state index contributed by atoms with van der Waals surface area (Å²) in [5, 5.41) is 7.99. The van der Waals surface area contributed by atoms with Gasteiger partial charge in [0.1, 0.15) is 11.6 Å². The third-order valence-electron chi connectivity index (χ3n) is 3.60. The molecule has 0 saturated heterocycles. The standard InChI is InChI=1S/C16H20N4/c1-13-18-16-10-9-15(12-20(16)19-13)17-11-5-8-14-6-3-2-4-7-14/h2-8,15,17H,9-12H2,1H3/b8-5+/t15-/m1/s1. The number of aromatic nitrogens is 3. The van der Waals surface area contributed by atoms with Crippen molar-refractivity contribution in [1.29, 1.82) is 0 Å². The summed E-state index contributed by atoms with van der Waals surface area (Å²) in [4.78, 5) is 4.43. The molecule has 1 aliphatic heterocycles. The lowest BCUT2D eigenvalue weighted by Crippen LogP contribution is -2.37. The van der Waals surface area contributed by atoms with Crippen molar-refractivity contribution >= 4 is 6.08 Å². The second kappa shape index (κ2) is 6.01. The van der Waals surface area contributed by atoms with Gasteiger partial charge < -0.3 is 5.32 Å². The molecule has 1 N–H and O–H groups in total. The first-order valence-electron chi connectivity index (χ1n) is 7.16. The molecule has 1 aromatic heterocycles. The number of rotatable bonds is 4. The molecule has 0 bridgehead atoms. The molecule has 1 aromatic carbocycles. The maximum atomic E-state index is 4.43. The monoisotopic (exact) mass is 268 g/mol. The van der Waals surface area contributed by atoms with E-state index >= 15 is 0 Å². The molecule has 0 radical (unpaired) electrons. The average Bonchev–Trinajstić information content (AvgIpc) is 2.84. The van der Waals surface area contributed by atoms with E-state index in [1.54, 1.807) is 0 Å². The highest BCUT2D eigenvalue weighted by Crippen LogP contribution is 2.12. The van der Waals surface area contributed by atoms with Crippen molar-refractivity contribution in [3.05, 3.63) is 53.6 Å². The molecule has 0 aliphatic carbocycles. The van der Waals surface area contributed by atoms with Gasteiger partial charge in [-0.25, -0.2) is 9.67 Å². The number of nitrogens with one attached hydrogen (secondary N) is 1. The van der Waals surface area contributed by atoms with Gasteiger partial charge in [-0.05, 0) is 18.9 Å². The Kier molecular flexibility index (Phi) is 3.92. The van der Waals surface area contributed by atoms with Crippen LogP contribution >= 0.6 is 0 Å². The molecular formula is C16H20N4. The zero-order chi connectivity index (χ0) is 13.8. The van der Waals surface area contributed by atoms with Crippen molar-refractivity contribution in [2.75, 3.05) is 6.54 Å². The van der Waals surface area contributed by atoms with Crippen LogP contribution < -0.4 is 5.32 Å². The summed E-state index contributed by atoms with van der Waals surface area (Å²) in [6, 6.07) is 10.9. The van der Waals surface area contributed by atoms with Gasteiger partial charge in [0.15, 0.2) is 0 Å². The predicted molar refractivity (Wildman–Crippen MR) is 80.3 cm³/mol. The normalized spacial score (nSPS) is 18.4. The minimum absolute atomic E-state index is 0.490. The van der Waals surface area contributed by atoms with Crippen molar-refractivity contribution in [3.63, 3.8) is 0 Å². The maximum absolute atomic E-state index is 4.43. The molecule has 3 rings (SSSR count). The molecule has 4 heteroatoms. The summed E-state index contributed by atoms with van der Waals surface area (Å²) in [7, 11) is 0. The minimum atomic E-state index is 0.490. The lowest BCUT2D eigenvalue weighted by molar-refractivity contribution is 0.369. The highest BCUT2D eigenvalue weighted by molar-refractivity contribution is 5.48. The van der Waals surface area contributed by atoms with Crippen LogP contribution in [0.4, 0.5) is 0 Å². The van der Waals surface area contributed by atoms with E-state index in [9.17, 15) is 0 Å². The van der Waals surface area contributed by atoms with Crippen LogP contribution in [0.5, 0.6) is 0 Å². The van der Waals surface area contributed by atoms with Gasteiger partial charge in [-0.15, -0.1) is 0 Å². The summed E-state index contributed by atoms with van der Waals surface area (Å²) in [5.74, 6) is 2.00. The van der Waals surface area contributed by atoms with Gasteiger partial charge in [0.05, 0.1) is 6.54 Å². The zero-order valence-electron chi connectivity index (χ0n) is 11.8. The first-order chi connectivity index (χ1) is 9.81. The maximum Gasteiger partial charge on any atom is 0.147 e. The quantitative estimate of drug-likeness (QED) is 0.924. The van der Waals surface area contributed by atoms with Crippen molar-refractivity contribution in [3.8, 4) is 0 Å². The summed E-state index contributed by atoms with van der Waals surface area (Å²) in [6.45, 7) is 3.77. The SMILES string of the molecule is Cc1nc2n(n1)C[C@H](NC/C=C/c1ccccc1)CC2. The smallest absolute Gasteiger partial charge is 0.147 e. The first-order valence-corrected chi connectivity index (χ1v) is 7.16. The van der Waals surface area contributed by atoms with Crippen LogP contribution in [0, 0.1) is 6.92 Å². The van der Waals surface area contributed by atoms with Crippen molar-refractivity contribution < 1.29 is 0 Å². The van der Waals surface area contributed by atoms with Crippen LogP contribution in [0.25, 0.3) is 6.08 Å². The Labute approximate surface area is 119 Å². The van der Waals surface area contributed by atoms with Crippen molar-refractivity contribution in [2.45, 2.75) is 32.4 Å². The molecule has 0 spiro atoms. The fourth-order valence-corrected chi connectivity index (χ4v) is 2.59. The number of nitrogens with zero attached hydrogens (tertiary/aromatic N) is 3. The Morgan fingerprint density at radius 3 is 3.05 bits per heavy atom. The second-order valence-electron chi connectivity index (χ2n) is 5.21. The molecule has 0 amide bonds. The van der Waals surface area contributed by atoms with Crippen LogP contribution in [0.3, 0.4) is 0 Å². The van der Waals surface area contributed by atoms with Crippen LogP contribution in [-0.2, 0) is 13.0 Å². The molecule has 1 aliphatic rings. The molecule has 0 saturated carbocycles. The fourth-order valence-electron chi connectivity index (χ4n) is 2.59. The summed E-state index contributed by atoms with van der Waals surface area (Å²) in [6.07, 6.45) is 6.48. The summed E-state index contributed by atoms with van der Waals surface area (Å²) < 4.78 is 2.04. The summed E-state index contributed by atoms with van der Waals surface area (Å²) >= 11 is 0.